The van der Waals surface area contributed by atoms with Gasteiger partial charge >= 0.3 is 5.97 Å². The number of hydrogen-bond acceptors (Lipinski definition) is 7. The molecular formula is C25H31N3O6. The van der Waals surface area contributed by atoms with Gasteiger partial charge in [0.25, 0.3) is 0 Å². The van der Waals surface area contributed by atoms with Crippen LogP contribution in [-0.4, -0.2) is 70.6 Å². The predicted molar refractivity (Wildman–Crippen MR) is 125 cm³/mol. The number of ether oxygens (including phenoxy) is 1. The third-order valence-corrected chi connectivity index (χ3v) is 6.14. The SMILES string of the molecule is CCCN(CC(N)=O)C(=O)CN1C(C(=O)OC)Cc2cc(O)c(O)cc2C1c1ccccc1C. The average molecular weight is 470 g/mol. The van der Waals surface area contributed by atoms with Crippen LogP contribution in [0, 0.1) is 6.92 Å². The molecule has 0 aliphatic carbocycles. The van der Waals surface area contributed by atoms with Crippen molar-refractivity contribution in [2.75, 3.05) is 26.7 Å². The molecular weight excluding hydrogens is 438 g/mol. The molecule has 0 saturated heterocycles. The van der Waals surface area contributed by atoms with Gasteiger partial charge in [0.15, 0.2) is 11.5 Å². The van der Waals surface area contributed by atoms with Crippen molar-refractivity contribution >= 4 is 17.8 Å². The van der Waals surface area contributed by atoms with Gasteiger partial charge in [0.05, 0.1) is 26.2 Å². The average Bonchev–Trinajstić information content (AvgIpc) is 2.79. The van der Waals surface area contributed by atoms with Crippen LogP contribution in [0.25, 0.3) is 0 Å². The Bertz CT molecular complexity index is 1090. The van der Waals surface area contributed by atoms with E-state index in [2.05, 4.69) is 0 Å². The van der Waals surface area contributed by atoms with Crippen LogP contribution in [0.2, 0.25) is 0 Å². The molecule has 34 heavy (non-hydrogen) atoms. The first-order valence-electron chi connectivity index (χ1n) is 11.2. The number of nitrogens with two attached hydrogens (primary N) is 1. The summed E-state index contributed by atoms with van der Waals surface area (Å²) in [6, 6.07) is 9.08. The summed E-state index contributed by atoms with van der Waals surface area (Å²) in [4.78, 5) is 40.9. The van der Waals surface area contributed by atoms with E-state index >= 15 is 0 Å². The molecule has 0 saturated carbocycles. The topological polar surface area (TPSA) is 133 Å². The van der Waals surface area contributed by atoms with Crippen LogP contribution in [-0.2, 0) is 25.5 Å². The van der Waals surface area contributed by atoms with Crippen LogP contribution in [0.1, 0.15) is 41.6 Å². The molecule has 9 nitrogen and oxygen atoms in total. The molecule has 2 atom stereocenters. The number of rotatable bonds is 8. The van der Waals surface area contributed by atoms with Gasteiger partial charge in [0.1, 0.15) is 6.04 Å². The molecule has 0 aromatic heterocycles. The maximum atomic E-state index is 13.3. The predicted octanol–water partition coefficient (Wildman–Crippen LogP) is 1.62. The number of amides is 2. The van der Waals surface area contributed by atoms with Gasteiger partial charge in [-0.3, -0.25) is 19.3 Å². The van der Waals surface area contributed by atoms with Crippen molar-refractivity contribution < 1.29 is 29.3 Å². The van der Waals surface area contributed by atoms with Crippen molar-refractivity contribution in [3.05, 3.63) is 58.7 Å². The lowest BCUT2D eigenvalue weighted by atomic mass is 9.83. The summed E-state index contributed by atoms with van der Waals surface area (Å²) in [5, 5.41) is 20.4. The molecule has 4 N–H and O–H groups in total. The van der Waals surface area contributed by atoms with E-state index in [-0.39, 0.29) is 36.9 Å². The van der Waals surface area contributed by atoms with Crippen LogP contribution in [0.5, 0.6) is 11.5 Å². The molecule has 1 aliphatic rings. The molecule has 182 valence electrons. The zero-order valence-electron chi connectivity index (χ0n) is 19.7. The van der Waals surface area contributed by atoms with E-state index in [1.165, 1.54) is 24.1 Å². The van der Waals surface area contributed by atoms with Crippen molar-refractivity contribution in [3.8, 4) is 11.5 Å². The smallest absolute Gasteiger partial charge is 0.323 e. The quantitative estimate of drug-likeness (QED) is 0.395. The third kappa shape index (κ3) is 5.14. The number of carbonyl (C=O) groups is 3. The lowest BCUT2D eigenvalue weighted by Crippen LogP contribution is -2.53. The van der Waals surface area contributed by atoms with Gasteiger partial charge in [-0.1, -0.05) is 31.2 Å². The van der Waals surface area contributed by atoms with Gasteiger partial charge in [-0.15, -0.1) is 0 Å². The minimum Gasteiger partial charge on any atom is -0.504 e. The number of primary amides is 1. The molecule has 2 unspecified atom stereocenters. The van der Waals surface area contributed by atoms with E-state index in [0.717, 1.165) is 11.1 Å². The lowest BCUT2D eigenvalue weighted by molar-refractivity contribution is -0.150. The minimum absolute atomic E-state index is 0.173. The fraction of sp³-hybridized carbons (Fsp3) is 0.400. The second-order valence-electron chi connectivity index (χ2n) is 8.50. The number of carbonyl (C=O) groups excluding carboxylic acids is 3. The highest BCUT2D eigenvalue weighted by Gasteiger charge is 2.42. The number of aryl methyl sites for hydroxylation is 1. The largest absolute Gasteiger partial charge is 0.504 e. The third-order valence-electron chi connectivity index (χ3n) is 6.14. The Morgan fingerprint density at radius 3 is 2.44 bits per heavy atom. The summed E-state index contributed by atoms with van der Waals surface area (Å²) in [6.45, 7) is 3.77. The number of aromatic hydroxyl groups is 2. The fourth-order valence-corrected chi connectivity index (χ4v) is 4.55. The van der Waals surface area contributed by atoms with E-state index in [0.29, 0.717) is 24.1 Å². The molecule has 3 rings (SSSR count). The normalized spacial score (nSPS) is 17.6. The first kappa shape index (κ1) is 25.0. The molecule has 1 aliphatic heterocycles. The van der Waals surface area contributed by atoms with Crippen molar-refractivity contribution in [1.82, 2.24) is 9.80 Å². The molecule has 0 radical (unpaired) electrons. The van der Waals surface area contributed by atoms with E-state index < -0.39 is 24.0 Å². The zero-order chi connectivity index (χ0) is 25.0. The summed E-state index contributed by atoms with van der Waals surface area (Å²) in [5.74, 6) is -2.07. The maximum Gasteiger partial charge on any atom is 0.323 e. The highest BCUT2D eigenvalue weighted by Crippen LogP contribution is 2.43. The zero-order valence-corrected chi connectivity index (χ0v) is 19.7. The van der Waals surface area contributed by atoms with Gasteiger partial charge in [-0.25, -0.2) is 0 Å². The van der Waals surface area contributed by atoms with Crippen molar-refractivity contribution in [3.63, 3.8) is 0 Å². The Morgan fingerprint density at radius 2 is 1.82 bits per heavy atom. The number of nitrogens with zero attached hydrogens (tertiary/aromatic N) is 2. The Labute approximate surface area is 198 Å². The number of fused-ring (bicyclic) bond motifs is 1. The second kappa shape index (κ2) is 10.6. The Kier molecular flexibility index (Phi) is 7.78. The number of esters is 1. The monoisotopic (exact) mass is 469 g/mol. The number of phenols is 2. The second-order valence-corrected chi connectivity index (χ2v) is 8.50. The Morgan fingerprint density at radius 1 is 1.15 bits per heavy atom. The Balaban J connectivity index is 2.15. The van der Waals surface area contributed by atoms with E-state index in [1.807, 2.05) is 38.1 Å². The molecule has 2 amide bonds. The van der Waals surface area contributed by atoms with Crippen LogP contribution < -0.4 is 5.73 Å². The van der Waals surface area contributed by atoms with Gasteiger partial charge in [0, 0.05) is 6.54 Å². The summed E-state index contributed by atoms with van der Waals surface area (Å²) >= 11 is 0. The summed E-state index contributed by atoms with van der Waals surface area (Å²) in [7, 11) is 1.28. The summed E-state index contributed by atoms with van der Waals surface area (Å²) in [6.07, 6.45) is 0.811. The highest BCUT2D eigenvalue weighted by atomic mass is 16.5. The maximum absolute atomic E-state index is 13.3. The molecule has 1 heterocycles. The molecule has 0 fully saturated rings. The molecule has 0 bridgehead atoms. The number of methoxy groups -OCH3 is 1. The van der Waals surface area contributed by atoms with Gasteiger partial charge in [0.2, 0.25) is 11.8 Å². The van der Waals surface area contributed by atoms with Crippen LogP contribution in [0.4, 0.5) is 0 Å². The molecule has 2 aromatic carbocycles. The summed E-state index contributed by atoms with van der Waals surface area (Å²) in [5.41, 5.74) is 8.47. The number of hydrogen-bond donors (Lipinski definition) is 3. The first-order chi connectivity index (χ1) is 16.2. The number of phenolic OH excluding ortho intramolecular Hbond substituents is 2. The van der Waals surface area contributed by atoms with Crippen LogP contribution in [0.3, 0.4) is 0 Å². The van der Waals surface area contributed by atoms with Crippen molar-refractivity contribution in [1.29, 1.82) is 0 Å². The standard InChI is InChI=1S/C25H31N3O6/c1-4-9-27(13-22(26)31)23(32)14-28-19(25(33)34-3)10-16-11-20(29)21(30)12-18(16)24(28)17-8-6-5-7-15(17)2/h5-8,11-12,19,24,29-30H,4,9-10,13-14H2,1-3H3,(H2,26,31). The van der Waals surface area contributed by atoms with Crippen LogP contribution >= 0.6 is 0 Å². The molecule has 9 heteroatoms. The summed E-state index contributed by atoms with van der Waals surface area (Å²) < 4.78 is 5.07. The van der Waals surface area contributed by atoms with Crippen molar-refractivity contribution in [2.45, 2.75) is 38.8 Å². The van der Waals surface area contributed by atoms with Crippen molar-refractivity contribution in [2.24, 2.45) is 5.73 Å². The van der Waals surface area contributed by atoms with E-state index in [1.54, 1.807) is 4.90 Å². The minimum atomic E-state index is -0.827. The van der Waals surface area contributed by atoms with Gasteiger partial charge < -0.3 is 25.6 Å². The van der Waals surface area contributed by atoms with Gasteiger partial charge in [-0.05, 0) is 54.2 Å². The molecule has 0 spiro atoms. The number of benzene rings is 2. The molecule has 2 aromatic rings. The van der Waals surface area contributed by atoms with Crippen LogP contribution in [0.15, 0.2) is 36.4 Å². The van der Waals surface area contributed by atoms with Gasteiger partial charge in [-0.2, -0.15) is 0 Å². The first-order valence-corrected chi connectivity index (χ1v) is 11.2. The highest BCUT2D eigenvalue weighted by molar-refractivity contribution is 5.86. The lowest BCUT2D eigenvalue weighted by Gasteiger charge is -2.43. The Hall–Kier alpha value is -3.59. The van der Waals surface area contributed by atoms with E-state index in [4.69, 9.17) is 10.5 Å². The fourth-order valence-electron chi connectivity index (χ4n) is 4.55. The van der Waals surface area contributed by atoms with E-state index in [9.17, 15) is 24.6 Å².